The molecule has 1 heterocycles. The average molecular weight is 299 g/mol. The predicted octanol–water partition coefficient (Wildman–Crippen LogP) is 1.54. The van der Waals surface area contributed by atoms with Gasteiger partial charge < -0.3 is 21.7 Å². The lowest BCUT2D eigenvalue weighted by atomic mass is 9.99. The number of rotatable bonds is 3. The zero-order valence-electron chi connectivity index (χ0n) is 11.0. The van der Waals surface area contributed by atoms with Gasteiger partial charge in [-0.15, -0.1) is 12.4 Å². The molecule has 1 aliphatic heterocycles. The molecular weight excluding hydrogens is 280 g/mol. The van der Waals surface area contributed by atoms with E-state index in [0.29, 0.717) is 17.9 Å². The van der Waals surface area contributed by atoms with Crippen molar-refractivity contribution in [3.05, 3.63) is 24.3 Å². The molecule has 0 spiro atoms. The van der Waals surface area contributed by atoms with Gasteiger partial charge >= 0.3 is 6.03 Å². The Hall–Kier alpha value is -1.79. The molecule has 0 aromatic heterocycles. The largest absolute Gasteiger partial charge is 0.351 e. The third-order valence-corrected chi connectivity index (χ3v) is 3.07. The first-order valence-corrected chi connectivity index (χ1v) is 6.33. The highest BCUT2D eigenvalue weighted by Crippen LogP contribution is 2.17. The molecule has 6 nitrogen and oxygen atoms in total. The van der Waals surface area contributed by atoms with Crippen molar-refractivity contribution in [1.29, 1.82) is 0 Å². The van der Waals surface area contributed by atoms with E-state index in [9.17, 15) is 9.59 Å². The molecule has 0 bridgehead atoms. The molecular formula is C13H19ClN4O2. The molecule has 1 aromatic rings. The van der Waals surface area contributed by atoms with E-state index in [1.165, 1.54) is 0 Å². The molecule has 20 heavy (non-hydrogen) atoms. The molecule has 2 rings (SSSR count). The number of benzene rings is 1. The number of anilines is 2. The molecule has 5 N–H and O–H groups in total. The topological polar surface area (TPSA) is 96.2 Å². The molecule has 1 fully saturated rings. The molecule has 1 saturated heterocycles. The molecule has 0 aliphatic carbocycles. The van der Waals surface area contributed by atoms with E-state index in [2.05, 4.69) is 16.0 Å². The van der Waals surface area contributed by atoms with E-state index in [0.717, 1.165) is 19.4 Å². The Bertz CT molecular complexity index is 475. The van der Waals surface area contributed by atoms with Gasteiger partial charge in [-0.25, -0.2) is 4.79 Å². The highest BCUT2D eigenvalue weighted by atomic mass is 35.5. The summed E-state index contributed by atoms with van der Waals surface area (Å²) < 4.78 is 0. The molecule has 110 valence electrons. The molecule has 0 saturated carbocycles. The van der Waals surface area contributed by atoms with Crippen LogP contribution in [0, 0.1) is 5.92 Å². The molecule has 1 aromatic carbocycles. The number of nitrogens with one attached hydrogen (secondary N) is 3. The number of hydrogen-bond donors (Lipinski definition) is 4. The van der Waals surface area contributed by atoms with Crippen LogP contribution in [0.25, 0.3) is 0 Å². The van der Waals surface area contributed by atoms with Crippen molar-refractivity contribution in [3.63, 3.8) is 0 Å². The number of nitrogens with two attached hydrogens (primary N) is 1. The Morgan fingerprint density at radius 1 is 1.25 bits per heavy atom. The quantitative estimate of drug-likeness (QED) is 0.681. The van der Waals surface area contributed by atoms with Crippen LogP contribution in [0.15, 0.2) is 24.3 Å². The van der Waals surface area contributed by atoms with Crippen LogP contribution < -0.4 is 21.7 Å². The van der Waals surface area contributed by atoms with E-state index in [1.54, 1.807) is 24.3 Å². The molecule has 1 atom stereocenters. The molecule has 1 aliphatic rings. The summed E-state index contributed by atoms with van der Waals surface area (Å²) in [5, 5.41) is 8.53. The highest BCUT2D eigenvalue weighted by Gasteiger charge is 2.20. The molecule has 0 radical (unpaired) electrons. The second-order valence-electron chi connectivity index (χ2n) is 4.60. The summed E-state index contributed by atoms with van der Waals surface area (Å²) in [6.07, 6.45) is 1.92. The monoisotopic (exact) mass is 298 g/mol. The zero-order valence-corrected chi connectivity index (χ0v) is 11.8. The van der Waals surface area contributed by atoms with Crippen LogP contribution in [0.1, 0.15) is 12.8 Å². The van der Waals surface area contributed by atoms with Crippen LogP contribution in [0.3, 0.4) is 0 Å². The number of hydrogen-bond acceptors (Lipinski definition) is 3. The van der Waals surface area contributed by atoms with Crippen LogP contribution >= 0.6 is 12.4 Å². The lowest BCUT2D eigenvalue weighted by molar-refractivity contribution is -0.120. The first-order valence-electron chi connectivity index (χ1n) is 6.33. The normalized spacial score (nSPS) is 17.7. The maximum Gasteiger partial charge on any atom is 0.316 e. The second kappa shape index (κ2) is 7.72. The van der Waals surface area contributed by atoms with E-state index < -0.39 is 6.03 Å². The van der Waals surface area contributed by atoms with Crippen molar-refractivity contribution in [2.75, 3.05) is 23.7 Å². The predicted molar refractivity (Wildman–Crippen MR) is 81.1 cm³/mol. The smallest absolute Gasteiger partial charge is 0.316 e. The Morgan fingerprint density at radius 2 is 1.95 bits per heavy atom. The van der Waals surface area contributed by atoms with Gasteiger partial charge in [0.15, 0.2) is 0 Å². The van der Waals surface area contributed by atoms with Gasteiger partial charge in [-0.2, -0.15) is 0 Å². The maximum atomic E-state index is 12.0. The van der Waals surface area contributed by atoms with Crippen LogP contribution in [0.5, 0.6) is 0 Å². The fourth-order valence-electron chi connectivity index (χ4n) is 2.14. The summed E-state index contributed by atoms with van der Waals surface area (Å²) in [5.41, 5.74) is 6.26. The SMILES string of the molecule is Cl.NC(=O)Nc1cccc(NC(=O)C2CCCNC2)c1. The lowest BCUT2D eigenvalue weighted by Crippen LogP contribution is -2.37. The Kier molecular flexibility index (Phi) is 6.27. The van der Waals surface area contributed by atoms with E-state index >= 15 is 0 Å². The van der Waals surface area contributed by atoms with Gasteiger partial charge in [-0.1, -0.05) is 6.07 Å². The first-order chi connectivity index (χ1) is 9.15. The molecule has 3 amide bonds. The second-order valence-corrected chi connectivity index (χ2v) is 4.60. The maximum absolute atomic E-state index is 12.0. The number of halogens is 1. The fourth-order valence-corrected chi connectivity index (χ4v) is 2.14. The summed E-state index contributed by atoms with van der Waals surface area (Å²) in [6.45, 7) is 1.69. The zero-order chi connectivity index (χ0) is 13.7. The van der Waals surface area contributed by atoms with Crippen LogP contribution in [-0.4, -0.2) is 25.0 Å². The van der Waals surface area contributed by atoms with Crippen LogP contribution in [0.2, 0.25) is 0 Å². The number of carbonyl (C=O) groups excluding carboxylic acids is 2. The lowest BCUT2D eigenvalue weighted by Gasteiger charge is -2.22. The van der Waals surface area contributed by atoms with Gasteiger partial charge in [0.05, 0.1) is 5.92 Å². The molecule has 1 unspecified atom stereocenters. The van der Waals surface area contributed by atoms with Gasteiger partial charge in [0, 0.05) is 17.9 Å². The van der Waals surface area contributed by atoms with Crippen molar-refractivity contribution >= 4 is 35.7 Å². The minimum Gasteiger partial charge on any atom is -0.351 e. The van der Waals surface area contributed by atoms with E-state index in [1.807, 2.05) is 0 Å². The average Bonchev–Trinajstić information content (AvgIpc) is 2.39. The van der Waals surface area contributed by atoms with Gasteiger partial charge in [0.1, 0.15) is 0 Å². The Morgan fingerprint density at radius 3 is 2.55 bits per heavy atom. The summed E-state index contributed by atoms with van der Waals surface area (Å²) in [7, 11) is 0. The number of piperidine rings is 1. The van der Waals surface area contributed by atoms with Gasteiger partial charge in [0.25, 0.3) is 0 Å². The number of urea groups is 1. The van der Waals surface area contributed by atoms with Gasteiger partial charge in [-0.05, 0) is 37.6 Å². The standard InChI is InChI=1S/C13H18N4O2.ClH/c14-13(19)17-11-5-1-4-10(7-11)16-12(18)9-3-2-6-15-8-9;/h1,4-5,7,9,15H,2-3,6,8H2,(H,16,18)(H3,14,17,19);1H. The minimum atomic E-state index is -0.625. The minimum absolute atomic E-state index is 0. The summed E-state index contributed by atoms with van der Waals surface area (Å²) >= 11 is 0. The van der Waals surface area contributed by atoms with Crippen LogP contribution in [0.4, 0.5) is 16.2 Å². The summed E-state index contributed by atoms with van der Waals surface area (Å²) in [6, 6.07) is 6.29. The van der Waals surface area contributed by atoms with Crippen molar-refractivity contribution < 1.29 is 9.59 Å². The summed E-state index contributed by atoms with van der Waals surface area (Å²) in [5.74, 6) is 0.00457. The van der Waals surface area contributed by atoms with Crippen molar-refractivity contribution in [2.45, 2.75) is 12.8 Å². The van der Waals surface area contributed by atoms with Gasteiger partial charge in [-0.3, -0.25) is 4.79 Å². The highest BCUT2D eigenvalue weighted by molar-refractivity contribution is 5.94. The third kappa shape index (κ3) is 4.71. The van der Waals surface area contributed by atoms with Crippen molar-refractivity contribution in [2.24, 2.45) is 11.7 Å². The van der Waals surface area contributed by atoms with E-state index in [-0.39, 0.29) is 24.2 Å². The van der Waals surface area contributed by atoms with Crippen molar-refractivity contribution in [1.82, 2.24) is 5.32 Å². The molecule has 7 heteroatoms. The third-order valence-electron chi connectivity index (χ3n) is 3.07. The number of amides is 3. The first kappa shape index (κ1) is 16.3. The summed E-state index contributed by atoms with van der Waals surface area (Å²) in [4.78, 5) is 22.8. The fraction of sp³-hybridized carbons (Fsp3) is 0.385. The number of carbonyl (C=O) groups is 2. The van der Waals surface area contributed by atoms with Crippen molar-refractivity contribution in [3.8, 4) is 0 Å². The van der Waals surface area contributed by atoms with Crippen LogP contribution in [-0.2, 0) is 4.79 Å². The Balaban J connectivity index is 0.00000200. The Labute approximate surface area is 123 Å². The number of primary amides is 1. The van der Waals surface area contributed by atoms with E-state index in [4.69, 9.17) is 5.73 Å². The van der Waals surface area contributed by atoms with Gasteiger partial charge in [0.2, 0.25) is 5.91 Å².